The van der Waals surface area contributed by atoms with E-state index in [1.54, 1.807) is 0 Å². The molecule has 0 spiro atoms. The Labute approximate surface area is 146 Å². The maximum Gasteiger partial charge on any atom is 0.315 e. The highest BCUT2D eigenvalue weighted by molar-refractivity contribution is 5.85. The molecule has 0 aliphatic carbocycles. The van der Waals surface area contributed by atoms with Crippen LogP contribution in [0.3, 0.4) is 0 Å². The minimum absolute atomic E-state index is 0.105. The van der Waals surface area contributed by atoms with Gasteiger partial charge in [-0.1, -0.05) is 0 Å². The predicted octanol–water partition coefficient (Wildman–Crippen LogP) is 1.98. The number of hydrogen-bond acceptors (Lipinski definition) is 7. The zero-order valence-corrected chi connectivity index (χ0v) is 13.5. The van der Waals surface area contributed by atoms with Crippen molar-refractivity contribution in [3.63, 3.8) is 0 Å². The zero-order chi connectivity index (χ0) is 19.1. The summed E-state index contributed by atoms with van der Waals surface area (Å²) in [6.45, 7) is -0.359. The van der Waals surface area contributed by atoms with Gasteiger partial charge >= 0.3 is 5.69 Å². The first-order chi connectivity index (χ1) is 12.4. The van der Waals surface area contributed by atoms with Gasteiger partial charge in [0.2, 0.25) is 5.75 Å². The molecule has 2 N–H and O–H groups in total. The topological polar surface area (TPSA) is 123 Å². The molecule has 0 bridgehead atoms. The van der Waals surface area contributed by atoms with Gasteiger partial charge in [-0.3, -0.25) is 14.9 Å². The second-order valence-corrected chi connectivity index (χ2v) is 4.88. The molecule has 0 aliphatic rings. The number of nitrogens with one attached hydrogen (secondary N) is 1. The summed E-state index contributed by atoms with van der Waals surface area (Å²) in [5, 5.41) is 24.2. The third kappa shape index (κ3) is 4.90. The van der Waals surface area contributed by atoms with Crippen LogP contribution in [0.15, 0.2) is 41.5 Å². The van der Waals surface area contributed by atoms with E-state index in [9.17, 15) is 24.4 Å². The van der Waals surface area contributed by atoms with Crippen molar-refractivity contribution in [3.8, 4) is 17.2 Å². The van der Waals surface area contributed by atoms with E-state index in [0.717, 1.165) is 12.3 Å². The normalized spacial score (nSPS) is 10.5. The van der Waals surface area contributed by atoms with Gasteiger partial charge in [0.25, 0.3) is 5.91 Å². The number of amides is 1. The zero-order valence-electron chi connectivity index (χ0n) is 13.5. The van der Waals surface area contributed by atoms with Gasteiger partial charge < -0.3 is 14.6 Å². The van der Waals surface area contributed by atoms with E-state index in [-0.39, 0.29) is 17.9 Å². The van der Waals surface area contributed by atoms with E-state index in [2.05, 4.69) is 10.5 Å². The van der Waals surface area contributed by atoms with Gasteiger partial charge in [0.05, 0.1) is 18.2 Å². The van der Waals surface area contributed by atoms with Crippen LogP contribution in [0.5, 0.6) is 17.2 Å². The molecule has 0 saturated heterocycles. The van der Waals surface area contributed by atoms with E-state index < -0.39 is 28.1 Å². The van der Waals surface area contributed by atoms with Gasteiger partial charge in [0.1, 0.15) is 11.6 Å². The Morgan fingerprint density at radius 1 is 1.38 bits per heavy atom. The van der Waals surface area contributed by atoms with Gasteiger partial charge in [-0.05, 0) is 30.3 Å². The van der Waals surface area contributed by atoms with Crippen LogP contribution in [0, 0.1) is 15.9 Å². The van der Waals surface area contributed by atoms with Gasteiger partial charge in [0.15, 0.2) is 12.4 Å². The van der Waals surface area contributed by atoms with Gasteiger partial charge in [-0.25, -0.2) is 9.82 Å². The van der Waals surface area contributed by atoms with Crippen molar-refractivity contribution in [1.29, 1.82) is 0 Å². The number of benzene rings is 2. The first-order valence-corrected chi connectivity index (χ1v) is 7.16. The number of nitro groups is 1. The number of phenolic OH excluding ortho intramolecular Hbond substituents is 1. The van der Waals surface area contributed by atoms with Gasteiger partial charge in [-0.2, -0.15) is 5.10 Å². The maximum atomic E-state index is 12.7. The number of nitrogens with zero attached hydrogens (tertiary/aromatic N) is 2. The molecule has 0 radical (unpaired) electrons. The van der Waals surface area contributed by atoms with E-state index >= 15 is 0 Å². The number of carbonyl (C=O) groups excluding carboxylic acids is 1. The maximum absolute atomic E-state index is 12.7. The fraction of sp³-hybridized carbons (Fsp3) is 0.125. The molecule has 0 fully saturated rings. The lowest BCUT2D eigenvalue weighted by Gasteiger charge is -2.06. The molecule has 26 heavy (non-hydrogen) atoms. The highest BCUT2D eigenvalue weighted by atomic mass is 19.1. The lowest BCUT2D eigenvalue weighted by Crippen LogP contribution is -2.24. The lowest BCUT2D eigenvalue weighted by atomic mass is 10.2. The Balaban J connectivity index is 1.96. The molecule has 2 aromatic rings. The monoisotopic (exact) mass is 363 g/mol. The average Bonchev–Trinajstić information content (AvgIpc) is 2.62. The summed E-state index contributed by atoms with van der Waals surface area (Å²) in [6.07, 6.45) is 1.14. The standard InChI is InChI=1S/C16H14FN3O6/c1-25-14-7-10(6-13(16(14)22)20(23)24)8-18-19-15(21)9-26-12-4-2-11(17)3-5-12/h2-8,22H,9H2,1H3,(H,19,21)/b18-8+. The number of halogens is 1. The van der Waals surface area contributed by atoms with E-state index in [1.165, 1.54) is 37.4 Å². The fourth-order valence-electron chi connectivity index (χ4n) is 1.87. The van der Waals surface area contributed by atoms with Crippen LogP contribution >= 0.6 is 0 Å². The van der Waals surface area contributed by atoms with Crippen molar-refractivity contribution >= 4 is 17.8 Å². The predicted molar refractivity (Wildman–Crippen MR) is 88.9 cm³/mol. The molecule has 10 heteroatoms. The van der Waals surface area contributed by atoms with E-state index in [1.807, 2.05) is 0 Å². The Kier molecular flexibility index (Phi) is 6.04. The quantitative estimate of drug-likeness (QED) is 0.440. The molecule has 0 unspecified atom stereocenters. The average molecular weight is 363 g/mol. The highest BCUT2D eigenvalue weighted by Gasteiger charge is 2.19. The number of ether oxygens (including phenoxy) is 2. The van der Waals surface area contributed by atoms with Crippen molar-refractivity contribution in [2.24, 2.45) is 5.10 Å². The van der Waals surface area contributed by atoms with Crippen LogP contribution in [0.4, 0.5) is 10.1 Å². The summed E-state index contributed by atoms with van der Waals surface area (Å²) in [7, 11) is 1.24. The van der Waals surface area contributed by atoms with Crippen LogP contribution in [0.25, 0.3) is 0 Å². The summed E-state index contributed by atoms with van der Waals surface area (Å²) in [6, 6.07) is 7.50. The SMILES string of the molecule is COc1cc(/C=N/NC(=O)COc2ccc(F)cc2)cc([N+](=O)[O-])c1O. The Hall–Kier alpha value is -3.69. The van der Waals surface area contributed by atoms with E-state index in [0.29, 0.717) is 5.75 Å². The smallest absolute Gasteiger partial charge is 0.315 e. The largest absolute Gasteiger partial charge is 0.500 e. The second kappa shape index (κ2) is 8.42. The number of rotatable bonds is 7. The van der Waals surface area contributed by atoms with Crippen LogP contribution in [-0.2, 0) is 4.79 Å². The number of methoxy groups -OCH3 is 1. The Morgan fingerprint density at radius 2 is 2.08 bits per heavy atom. The number of nitro benzene ring substituents is 1. The van der Waals surface area contributed by atoms with Gasteiger partial charge in [-0.15, -0.1) is 0 Å². The molecule has 0 heterocycles. The number of hydrazone groups is 1. The summed E-state index contributed by atoms with van der Waals surface area (Å²) in [5.74, 6) is -1.42. The van der Waals surface area contributed by atoms with Crippen LogP contribution in [-0.4, -0.2) is 35.9 Å². The van der Waals surface area contributed by atoms with Crippen molar-refractivity contribution in [2.75, 3.05) is 13.7 Å². The fourth-order valence-corrected chi connectivity index (χ4v) is 1.87. The Morgan fingerprint density at radius 3 is 2.69 bits per heavy atom. The summed E-state index contributed by atoms with van der Waals surface area (Å²) in [4.78, 5) is 21.8. The second-order valence-electron chi connectivity index (χ2n) is 4.88. The summed E-state index contributed by atoms with van der Waals surface area (Å²) < 4.78 is 22.7. The number of carbonyl (C=O) groups is 1. The van der Waals surface area contributed by atoms with Crippen LogP contribution in [0.1, 0.15) is 5.56 Å². The first-order valence-electron chi connectivity index (χ1n) is 7.16. The third-order valence-corrected chi connectivity index (χ3v) is 3.08. The molecule has 1 amide bonds. The number of phenols is 1. The van der Waals surface area contributed by atoms with E-state index in [4.69, 9.17) is 9.47 Å². The number of hydrogen-bond donors (Lipinski definition) is 2. The third-order valence-electron chi connectivity index (χ3n) is 3.08. The first kappa shape index (κ1) is 18.6. The molecular weight excluding hydrogens is 349 g/mol. The molecule has 0 aliphatic heterocycles. The Bertz CT molecular complexity index is 839. The molecule has 0 atom stereocenters. The van der Waals surface area contributed by atoms with Crippen LogP contribution < -0.4 is 14.9 Å². The van der Waals surface area contributed by atoms with Crippen molar-refractivity contribution in [3.05, 3.63) is 57.9 Å². The summed E-state index contributed by atoms with van der Waals surface area (Å²) in [5.41, 5.74) is 1.84. The van der Waals surface area contributed by atoms with Crippen molar-refractivity contribution < 1.29 is 28.7 Å². The molecular formula is C16H14FN3O6. The molecule has 136 valence electrons. The van der Waals surface area contributed by atoms with Crippen LogP contribution in [0.2, 0.25) is 0 Å². The molecule has 2 rings (SSSR count). The number of aromatic hydroxyl groups is 1. The molecule has 0 aromatic heterocycles. The molecule has 2 aromatic carbocycles. The van der Waals surface area contributed by atoms with Crippen molar-refractivity contribution in [1.82, 2.24) is 5.43 Å². The summed E-state index contributed by atoms with van der Waals surface area (Å²) >= 11 is 0. The minimum Gasteiger partial charge on any atom is -0.500 e. The molecule has 0 saturated carbocycles. The lowest BCUT2D eigenvalue weighted by molar-refractivity contribution is -0.386. The highest BCUT2D eigenvalue weighted by Crippen LogP contribution is 2.36. The van der Waals surface area contributed by atoms with Crippen molar-refractivity contribution in [2.45, 2.75) is 0 Å². The molecule has 9 nitrogen and oxygen atoms in total. The van der Waals surface area contributed by atoms with Gasteiger partial charge in [0, 0.05) is 11.6 Å². The minimum atomic E-state index is -0.774.